The summed E-state index contributed by atoms with van der Waals surface area (Å²) in [4.78, 5) is 31.8. The lowest BCUT2D eigenvalue weighted by molar-refractivity contribution is -0.127. The third-order valence-electron chi connectivity index (χ3n) is 5.06. The average Bonchev–Trinajstić information content (AvgIpc) is 3.00. The van der Waals surface area contributed by atoms with E-state index in [-0.39, 0.29) is 13.2 Å². The number of aliphatic imine (C=N–C) groups is 1. The Hall–Kier alpha value is -2.81. The Bertz CT molecular complexity index is 797. The second-order valence-electron chi connectivity index (χ2n) is 7.10. The fourth-order valence-corrected chi connectivity index (χ4v) is 3.35. The first-order valence-electron chi connectivity index (χ1n) is 9.35. The van der Waals surface area contributed by atoms with Crippen LogP contribution in [0.2, 0.25) is 0 Å². The van der Waals surface area contributed by atoms with E-state index in [1.54, 1.807) is 11.9 Å². The normalized spacial score (nSPS) is 24.1. The molecule has 0 spiro atoms. The van der Waals surface area contributed by atoms with Gasteiger partial charge in [0.1, 0.15) is 24.6 Å². The lowest BCUT2D eigenvalue weighted by Crippen LogP contribution is -2.65. The van der Waals surface area contributed by atoms with Crippen LogP contribution in [0.15, 0.2) is 23.2 Å². The molecule has 0 saturated carbocycles. The highest BCUT2D eigenvalue weighted by Crippen LogP contribution is 2.21. The number of aliphatic hydroxyl groups excluding tert-OH is 1. The molecule has 3 unspecified atom stereocenters. The Morgan fingerprint density at radius 2 is 2.04 bits per heavy atom. The molecule has 2 aliphatic rings. The van der Waals surface area contributed by atoms with Gasteiger partial charge in [0.2, 0.25) is 0 Å². The smallest absolute Gasteiger partial charge is 0.325 e. The Balaban J connectivity index is 1.69. The summed E-state index contributed by atoms with van der Waals surface area (Å²) in [6.45, 7) is 6.63. The summed E-state index contributed by atoms with van der Waals surface area (Å²) in [5.74, 6) is 0.756. The van der Waals surface area contributed by atoms with Gasteiger partial charge in [0, 0.05) is 13.6 Å². The van der Waals surface area contributed by atoms with Gasteiger partial charge in [-0.25, -0.2) is 4.79 Å². The van der Waals surface area contributed by atoms with E-state index < -0.39 is 30.2 Å². The van der Waals surface area contributed by atoms with Gasteiger partial charge in [0.15, 0.2) is 12.0 Å². The summed E-state index contributed by atoms with van der Waals surface area (Å²) in [6.07, 6.45) is -1.38. The summed E-state index contributed by atoms with van der Waals surface area (Å²) in [6, 6.07) is 4.63. The molecular weight excluding hydrogens is 362 g/mol. The van der Waals surface area contributed by atoms with E-state index in [1.165, 1.54) is 10.5 Å². The Kier molecular flexibility index (Phi) is 5.73. The number of nitrogens with zero attached hydrogens (tertiary/aromatic N) is 3. The van der Waals surface area contributed by atoms with Gasteiger partial charge in [-0.1, -0.05) is 6.07 Å². The topological polar surface area (TPSA) is 106 Å². The van der Waals surface area contributed by atoms with Gasteiger partial charge in [0.25, 0.3) is 5.91 Å². The molecule has 2 fully saturated rings. The minimum absolute atomic E-state index is 0.0756. The number of urea groups is 1. The van der Waals surface area contributed by atoms with Crippen LogP contribution >= 0.6 is 0 Å². The predicted octanol–water partition coefficient (Wildman–Crippen LogP) is 0.201. The highest BCUT2D eigenvalue weighted by atomic mass is 16.5. The molecular formula is C19H27N5O4. The van der Waals surface area contributed by atoms with Gasteiger partial charge in [0.05, 0.1) is 6.54 Å². The van der Waals surface area contributed by atoms with Crippen molar-refractivity contribution in [2.45, 2.75) is 39.1 Å². The summed E-state index contributed by atoms with van der Waals surface area (Å²) < 4.78 is 5.71. The van der Waals surface area contributed by atoms with Crippen LogP contribution in [0.25, 0.3) is 0 Å². The first kappa shape index (κ1) is 19.9. The highest BCUT2D eigenvalue weighted by Gasteiger charge is 2.50. The van der Waals surface area contributed by atoms with Crippen molar-refractivity contribution in [3.63, 3.8) is 0 Å². The van der Waals surface area contributed by atoms with Crippen molar-refractivity contribution in [2.24, 2.45) is 4.99 Å². The molecule has 2 saturated heterocycles. The summed E-state index contributed by atoms with van der Waals surface area (Å²) in [7, 11) is 1.61. The number of hydrogen-bond donors (Lipinski definition) is 3. The van der Waals surface area contributed by atoms with Crippen molar-refractivity contribution in [1.82, 2.24) is 20.4 Å². The van der Waals surface area contributed by atoms with E-state index in [9.17, 15) is 14.7 Å². The van der Waals surface area contributed by atoms with Crippen molar-refractivity contribution in [3.8, 4) is 5.75 Å². The van der Waals surface area contributed by atoms with E-state index in [0.717, 1.165) is 5.56 Å². The maximum absolute atomic E-state index is 12.4. The number of aryl methyl sites for hydroxylation is 2. The number of rotatable bonds is 6. The molecule has 0 aromatic heterocycles. The first-order valence-corrected chi connectivity index (χ1v) is 9.35. The number of imide groups is 1. The number of hydrogen-bond acceptors (Lipinski definition) is 5. The third kappa shape index (κ3) is 3.89. The standard InChI is InChI=1S/C19H27N5O4/c1-5-20-18-21-16-15(17(26)22-19(27)23(16)4)24(18)9-13(25)10-28-14-7-6-11(2)12(3)8-14/h6-8,13,15-16,25H,5,9-10H2,1-4H3,(H,20,21)(H,22,26,27). The molecule has 3 amide bonds. The molecule has 9 nitrogen and oxygen atoms in total. The lowest BCUT2D eigenvalue weighted by Gasteiger charge is -2.35. The summed E-state index contributed by atoms with van der Waals surface area (Å²) in [5.41, 5.74) is 2.28. The van der Waals surface area contributed by atoms with Crippen molar-refractivity contribution in [1.29, 1.82) is 0 Å². The molecule has 1 aromatic rings. The molecule has 9 heteroatoms. The van der Waals surface area contributed by atoms with Crippen LogP contribution in [0.5, 0.6) is 5.75 Å². The van der Waals surface area contributed by atoms with Crippen molar-refractivity contribution in [2.75, 3.05) is 26.7 Å². The molecule has 2 heterocycles. The number of fused-ring (bicyclic) bond motifs is 1. The van der Waals surface area contributed by atoms with Gasteiger partial charge in [-0.2, -0.15) is 0 Å². The number of aliphatic hydroxyl groups is 1. The van der Waals surface area contributed by atoms with Crippen LogP contribution in [-0.2, 0) is 4.79 Å². The largest absolute Gasteiger partial charge is 0.491 e. The molecule has 0 radical (unpaired) electrons. The van der Waals surface area contributed by atoms with Crippen LogP contribution in [-0.4, -0.2) is 77.9 Å². The zero-order valence-corrected chi connectivity index (χ0v) is 16.6. The number of amides is 3. The fraction of sp³-hybridized carbons (Fsp3) is 0.526. The molecule has 3 atom stereocenters. The first-order chi connectivity index (χ1) is 13.3. The molecule has 2 aliphatic heterocycles. The van der Waals surface area contributed by atoms with E-state index in [1.807, 2.05) is 39.0 Å². The molecule has 3 rings (SSSR count). The molecule has 0 aliphatic carbocycles. The number of nitrogens with one attached hydrogen (secondary N) is 2. The van der Waals surface area contributed by atoms with E-state index >= 15 is 0 Å². The highest BCUT2D eigenvalue weighted by molar-refractivity contribution is 6.04. The number of likely N-dealkylation sites (N-methyl/N-ethyl adjacent to an activating group) is 1. The number of carbonyl (C=O) groups is 2. The van der Waals surface area contributed by atoms with Crippen LogP contribution < -0.4 is 15.4 Å². The molecule has 3 N–H and O–H groups in total. The Morgan fingerprint density at radius 3 is 2.71 bits per heavy atom. The quantitative estimate of drug-likeness (QED) is 0.642. The van der Waals surface area contributed by atoms with Crippen molar-refractivity contribution >= 4 is 17.9 Å². The minimum Gasteiger partial charge on any atom is -0.491 e. The maximum atomic E-state index is 12.4. The van der Waals surface area contributed by atoms with Crippen LogP contribution in [0, 0.1) is 13.8 Å². The van der Waals surface area contributed by atoms with Crippen LogP contribution in [0.4, 0.5) is 4.79 Å². The van der Waals surface area contributed by atoms with E-state index in [2.05, 4.69) is 15.6 Å². The average molecular weight is 389 g/mol. The number of ether oxygens (including phenoxy) is 1. The molecule has 152 valence electrons. The minimum atomic E-state index is -0.847. The van der Waals surface area contributed by atoms with E-state index in [4.69, 9.17) is 4.74 Å². The summed E-state index contributed by atoms with van der Waals surface area (Å²) >= 11 is 0. The zero-order valence-electron chi connectivity index (χ0n) is 16.6. The number of benzene rings is 1. The van der Waals surface area contributed by atoms with Gasteiger partial charge in [-0.3, -0.25) is 15.1 Å². The molecule has 28 heavy (non-hydrogen) atoms. The number of guanidine groups is 1. The monoisotopic (exact) mass is 389 g/mol. The van der Waals surface area contributed by atoms with Gasteiger partial charge in [-0.05, 0) is 44.0 Å². The second-order valence-corrected chi connectivity index (χ2v) is 7.10. The maximum Gasteiger partial charge on any atom is 0.325 e. The third-order valence-corrected chi connectivity index (χ3v) is 5.06. The number of carbonyl (C=O) groups excluding carboxylic acids is 2. The van der Waals surface area contributed by atoms with Crippen molar-refractivity contribution < 1.29 is 19.4 Å². The van der Waals surface area contributed by atoms with Gasteiger partial charge in [-0.15, -0.1) is 0 Å². The predicted molar refractivity (Wildman–Crippen MR) is 104 cm³/mol. The Morgan fingerprint density at radius 1 is 1.29 bits per heavy atom. The van der Waals surface area contributed by atoms with Crippen LogP contribution in [0.1, 0.15) is 18.1 Å². The lowest BCUT2D eigenvalue weighted by atomic mass is 10.1. The van der Waals surface area contributed by atoms with Crippen LogP contribution in [0.3, 0.4) is 0 Å². The fourth-order valence-electron chi connectivity index (χ4n) is 3.35. The Labute approximate surface area is 164 Å². The zero-order chi connectivity index (χ0) is 20.4. The molecule has 1 aromatic carbocycles. The SMILES string of the molecule is CCN=C1NC2C(C(=O)NC(=O)N2C)N1CC(O)COc1ccc(C)c(C)c1. The van der Waals surface area contributed by atoms with E-state index in [0.29, 0.717) is 18.3 Å². The summed E-state index contributed by atoms with van der Waals surface area (Å²) in [5, 5.41) is 16.0. The van der Waals surface area contributed by atoms with Crippen molar-refractivity contribution in [3.05, 3.63) is 29.3 Å². The number of β-amino-alcohol motifs (C(OH)–C–C–N with tert-alkyl or cyclic N) is 1. The van der Waals surface area contributed by atoms with Gasteiger partial charge >= 0.3 is 6.03 Å². The second kappa shape index (κ2) is 8.05. The molecule has 0 bridgehead atoms. The van der Waals surface area contributed by atoms with Gasteiger partial charge < -0.3 is 25.0 Å².